The van der Waals surface area contributed by atoms with Crippen molar-refractivity contribution >= 4 is 22.4 Å². The van der Waals surface area contributed by atoms with Crippen LogP contribution in [0.3, 0.4) is 0 Å². The Morgan fingerprint density at radius 2 is 1.82 bits per heavy atom. The first-order valence-corrected chi connectivity index (χ1v) is 9.74. The number of methoxy groups -OCH3 is 2. The largest absolute Gasteiger partial charge is 0.494 e. The monoisotopic (exact) mass is 398 g/mol. The van der Waals surface area contributed by atoms with Gasteiger partial charge in [-0.1, -0.05) is 6.92 Å². The molecule has 1 N–H and O–H groups in total. The molecule has 28 heavy (non-hydrogen) atoms. The first-order valence-electron chi connectivity index (χ1n) is 8.86. The highest BCUT2D eigenvalue weighted by Gasteiger charge is 2.12. The van der Waals surface area contributed by atoms with Crippen molar-refractivity contribution < 1.29 is 19.0 Å². The van der Waals surface area contributed by atoms with E-state index in [1.807, 2.05) is 30.5 Å². The summed E-state index contributed by atoms with van der Waals surface area (Å²) in [5, 5.41) is 5.25. The number of anilines is 1. The molecule has 6 nitrogen and oxygen atoms in total. The highest BCUT2D eigenvalue weighted by atomic mass is 32.1. The van der Waals surface area contributed by atoms with Crippen LogP contribution in [0, 0.1) is 0 Å². The maximum absolute atomic E-state index is 12.4. The number of ether oxygens (including phenoxy) is 3. The number of carbonyl (C=O) groups is 1. The maximum atomic E-state index is 12.4. The molecule has 0 saturated heterocycles. The van der Waals surface area contributed by atoms with Crippen LogP contribution in [-0.2, 0) is 0 Å². The van der Waals surface area contributed by atoms with Crippen LogP contribution in [0.15, 0.2) is 47.8 Å². The van der Waals surface area contributed by atoms with Gasteiger partial charge in [-0.2, -0.15) is 0 Å². The number of carbonyl (C=O) groups excluding carboxylic acids is 1. The molecule has 0 bridgehead atoms. The summed E-state index contributed by atoms with van der Waals surface area (Å²) in [6, 6.07) is 12.6. The van der Waals surface area contributed by atoms with E-state index in [1.54, 1.807) is 38.5 Å². The van der Waals surface area contributed by atoms with Gasteiger partial charge in [-0.05, 0) is 48.9 Å². The van der Waals surface area contributed by atoms with Crippen molar-refractivity contribution in [3.05, 3.63) is 53.4 Å². The number of nitrogens with one attached hydrogen (secondary N) is 1. The zero-order valence-electron chi connectivity index (χ0n) is 16.0. The SMILES string of the molecule is CCCOc1ccc(C(=O)Nc2nc(-c3ccc(OC)c(OC)c3)cs2)cc1. The van der Waals surface area contributed by atoms with Crippen LogP contribution in [0.2, 0.25) is 0 Å². The van der Waals surface area contributed by atoms with Crippen LogP contribution >= 0.6 is 11.3 Å². The topological polar surface area (TPSA) is 69.7 Å². The van der Waals surface area contributed by atoms with Crippen LogP contribution in [-0.4, -0.2) is 31.7 Å². The van der Waals surface area contributed by atoms with Gasteiger partial charge in [-0.25, -0.2) is 4.98 Å². The minimum atomic E-state index is -0.213. The van der Waals surface area contributed by atoms with Crippen LogP contribution in [0.4, 0.5) is 5.13 Å². The van der Waals surface area contributed by atoms with Gasteiger partial charge in [0.1, 0.15) is 5.75 Å². The standard InChI is InChI=1S/C21H22N2O4S/c1-4-11-27-16-8-5-14(6-9-16)20(24)23-21-22-17(13-28-21)15-7-10-18(25-2)19(12-15)26-3/h5-10,12-13H,4,11H2,1-3H3,(H,22,23,24). The molecule has 0 unspecified atom stereocenters. The molecular weight excluding hydrogens is 376 g/mol. The summed E-state index contributed by atoms with van der Waals surface area (Å²) < 4.78 is 16.1. The van der Waals surface area contributed by atoms with Gasteiger partial charge in [-0.3, -0.25) is 10.1 Å². The summed E-state index contributed by atoms with van der Waals surface area (Å²) in [4.78, 5) is 16.9. The molecule has 0 aliphatic heterocycles. The lowest BCUT2D eigenvalue weighted by Gasteiger charge is -2.08. The molecule has 146 valence electrons. The summed E-state index contributed by atoms with van der Waals surface area (Å²) in [5.41, 5.74) is 2.18. The van der Waals surface area contributed by atoms with Crippen molar-refractivity contribution in [1.82, 2.24) is 4.98 Å². The van der Waals surface area contributed by atoms with E-state index in [0.29, 0.717) is 28.8 Å². The van der Waals surface area contributed by atoms with Gasteiger partial charge in [0.05, 0.1) is 26.5 Å². The van der Waals surface area contributed by atoms with Gasteiger partial charge in [-0.15, -0.1) is 11.3 Å². The van der Waals surface area contributed by atoms with Crippen molar-refractivity contribution in [2.45, 2.75) is 13.3 Å². The fraction of sp³-hybridized carbons (Fsp3) is 0.238. The minimum Gasteiger partial charge on any atom is -0.494 e. The molecule has 0 saturated carbocycles. The Labute approximate surface area is 168 Å². The third-order valence-corrected chi connectivity index (χ3v) is 4.75. The Kier molecular flexibility index (Phi) is 6.49. The predicted molar refractivity (Wildman–Crippen MR) is 111 cm³/mol. The summed E-state index contributed by atoms with van der Waals surface area (Å²) in [6.07, 6.45) is 0.939. The third-order valence-electron chi connectivity index (χ3n) is 3.99. The van der Waals surface area contributed by atoms with Crippen molar-refractivity contribution in [2.24, 2.45) is 0 Å². The zero-order valence-corrected chi connectivity index (χ0v) is 16.8. The molecule has 3 rings (SSSR count). The van der Waals surface area contributed by atoms with Gasteiger partial charge < -0.3 is 14.2 Å². The van der Waals surface area contributed by atoms with E-state index >= 15 is 0 Å². The number of amides is 1. The lowest BCUT2D eigenvalue weighted by atomic mass is 10.1. The van der Waals surface area contributed by atoms with Crippen LogP contribution in [0.25, 0.3) is 11.3 Å². The average molecular weight is 398 g/mol. The molecule has 0 aliphatic rings. The number of rotatable bonds is 8. The number of nitrogens with zero attached hydrogens (tertiary/aromatic N) is 1. The lowest BCUT2D eigenvalue weighted by molar-refractivity contribution is 0.102. The van der Waals surface area contributed by atoms with E-state index in [2.05, 4.69) is 10.3 Å². The molecule has 1 aromatic heterocycles. The van der Waals surface area contributed by atoms with Crippen LogP contribution in [0.1, 0.15) is 23.7 Å². The Balaban J connectivity index is 1.69. The highest BCUT2D eigenvalue weighted by Crippen LogP contribution is 2.33. The smallest absolute Gasteiger partial charge is 0.257 e. The van der Waals surface area contributed by atoms with Crippen molar-refractivity contribution in [1.29, 1.82) is 0 Å². The van der Waals surface area contributed by atoms with Gasteiger partial charge in [0.2, 0.25) is 0 Å². The normalized spacial score (nSPS) is 10.4. The summed E-state index contributed by atoms with van der Waals surface area (Å²) in [7, 11) is 3.18. The first-order chi connectivity index (χ1) is 13.6. The Morgan fingerprint density at radius 3 is 2.50 bits per heavy atom. The molecule has 2 aromatic carbocycles. The van der Waals surface area contributed by atoms with Crippen molar-refractivity contribution in [2.75, 3.05) is 26.1 Å². The number of hydrogen-bond acceptors (Lipinski definition) is 6. The van der Waals surface area contributed by atoms with Gasteiger partial charge in [0.25, 0.3) is 5.91 Å². The molecule has 7 heteroatoms. The third kappa shape index (κ3) is 4.61. The van der Waals surface area contributed by atoms with Gasteiger partial charge in [0, 0.05) is 16.5 Å². The Morgan fingerprint density at radius 1 is 1.07 bits per heavy atom. The van der Waals surface area contributed by atoms with E-state index in [-0.39, 0.29) is 5.91 Å². The van der Waals surface area contributed by atoms with E-state index in [0.717, 1.165) is 23.4 Å². The van der Waals surface area contributed by atoms with E-state index in [1.165, 1.54) is 11.3 Å². The van der Waals surface area contributed by atoms with Gasteiger partial charge >= 0.3 is 0 Å². The molecule has 3 aromatic rings. The number of aromatic nitrogens is 1. The predicted octanol–water partition coefficient (Wildman–Crippen LogP) is 4.87. The highest BCUT2D eigenvalue weighted by molar-refractivity contribution is 7.14. The Bertz CT molecular complexity index is 938. The number of thiazole rings is 1. The van der Waals surface area contributed by atoms with E-state index in [9.17, 15) is 4.79 Å². The van der Waals surface area contributed by atoms with E-state index < -0.39 is 0 Å². The lowest BCUT2D eigenvalue weighted by Crippen LogP contribution is -2.11. The molecule has 1 amide bonds. The molecular formula is C21H22N2O4S. The summed E-state index contributed by atoms with van der Waals surface area (Å²) in [6.45, 7) is 2.70. The maximum Gasteiger partial charge on any atom is 0.257 e. The molecule has 1 heterocycles. The van der Waals surface area contributed by atoms with Crippen LogP contribution < -0.4 is 19.5 Å². The quantitative estimate of drug-likeness (QED) is 0.586. The second-order valence-electron chi connectivity index (χ2n) is 5.93. The molecule has 0 aliphatic carbocycles. The number of benzene rings is 2. The van der Waals surface area contributed by atoms with Crippen molar-refractivity contribution in [3.63, 3.8) is 0 Å². The zero-order chi connectivity index (χ0) is 19.9. The minimum absolute atomic E-state index is 0.213. The molecule has 0 fully saturated rings. The summed E-state index contributed by atoms with van der Waals surface area (Å²) in [5.74, 6) is 1.82. The molecule has 0 radical (unpaired) electrons. The van der Waals surface area contributed by atoms with E-state index in [4.69, 9.17) is 14.2 Å². The summed E-state index contributed by atoms with van der Waals surface area (Å²) >= 11 is 1.37. The fourth-order valence-electron chi connectivity index (χ4n) is 2.55. The van der Waals surface area contributed by atoms with Crippen LogP contribution in [0.5, 0.6) is 17.2 Å². The Hall–Kier alpha value is -3.06. The first kappa shape index (κ1) is 19.7. The second-order valence-corrected chi connectivity index (χ2v) is 6.79. The number of hydrogen-bond donors (Lipinski definition) is 1. The fourth-order valence-corrected chi connectivity index (χ4v) is 3.27. The second kappa shape index (κ2) is 9.23. The average Bonchev–Trinajstić information content (AvgIpc) is 3.20. The van der Waals surface area contributed by atoms with Gasteiger partial charge in [0.15, 0.2) is 16.6 Å². The molecule has 0 spiro atoms. The van der Waals surface area contributed by atoms with Crippen molar-refractivity contribution in [3.8, 4) is 28.5 Å². The molecule has 0 atom stereocenters.